The third-order valence-electron chi connectivity index (χ3n) is 8.76. The molecule has 264 valence electrons. The van der Waals surface area contributed by atoms with Gasteiger partial charge in [0.05, 0.1) is 25.9 Å². The number of esters is 1. The van der Waals surface area contributed by atoms with Gasteiger partial charge in [0.1, 0.15) is 6.04 Å². The number of carbonyl (C=O) groups excluding carboxylic acids is 2. The Hall–Kier alpha value is -4.94. The highest BCUT2D eigenvalue weighted by Crippen LogP contribution is 2.39. The standard InChI is InChI=1S/C40H42N4O6S/c1-44-20-19-41-40(44)51-26-34-23-36(31-13-11-28(25-45)12-14-31)50-38(49-34)32-17-15-30(16-18-32)33-10-6-9-29(21-33)24-42-39(47)43-35(37(46)48-2)22-27-7-4-3-5-8-27/h3-21,34-36,38,45H,22-26H2,1-2H3,(H2,42,43,47)/t34-,35+,36+,38+/m1/s1. The predicted molar refractivity (Wildman–Crippen MR) is 196 cm³/mol. The number of thioether (sulfide) groups is 1. The first-order valence-corrected chi connectivity index (χ1v) is 17.8. The van der Waals surface area contributed by atoms with Gasteiger partial charge in [-0.1, -0.05) is 109 Å². The maximum absolute atomic E-state index is 12.8. The molecule has 0 bridgehead atoms. The SMILES string of the molecule is COC(=O)[C@H](Cc1ccccc1)NC(=O)NCc1cccc(-c2ccc([C@H]3O[C@@H](CSc4nccn4C)C[C@@H](c4ccc(CO)cc4)O3)cc2)c1. The van der Waals surface area contributed by atoms with E-state index in [1.54, 1.807) is 18.0 Å². The number of imidazole rings is 1. The van der Waals surface area contributed by atoms with E-state index in [0.29, 0.717) is 12.8 Å². The Kier molecular flexibility index (Phi) is 12.2. The maximum Gasteiger partial charge on any atom is 0.328 e. The second-order valence-corrected chi connectivity index (χ2v) is 13.4. The summed E-state index contributed by atoms with van der Waals surface area (Å²) >= 11 is 1.66. The lowest BCUT2D eigenvalue weighted by Gasteiger charge is -2.36. The van der Waals surface area contributed by atoms with Gasteiger partial charge < -0.3 is 34.5 Å². The molecule has 0 unspecified atom stereocenters. The van der Waals surface area contributed by atoms with Crippen LogP contribution >= 0.6 is 11.8 Å². The molecule has 1 aliphatic heterocycles. The highest BCUT2D eigenvalue weighted by molar-refractivity contribution is 7.99. The Morgan fingerprint density at radius 1 is 0.922 bits per heavy atom. The molecule has 6 rings (SSSR count). The van der Waals surface area contributed by atoms with Crippen molar-refractivity contribution in [2.75, 3.05) is 12.9 Å². The van der Waals surface area contributed by atoms with Crippen molar-refractivity contribution >= 4 is 23.8 Å². The van der Waals surface area contributed by atoms with Crippen LogP contribution in [0.4, 0.5) is 4.79 Å². The maximum atomic E-state index is 12.8. The van der Waals surface area contributed by atoms with Gasteiger partial charge in [-0.15, -0.1) is 0 Å². The first-order valence-electron chi connectivity index (χ1n) is 16.8. The van der Waals surface area contributed by atoms with Crippen LogP contribution in [0.25, 0.3) is 11.1 Å². The molecular weight excluding hydrogens is 665 g/mol. The van der Waals surface area contributed by atoms with Gasteiger partial charge in [-0.25, -0.2) is 14.6 Å². The Labute approximate surface area is 302 Å². The summed E-state index contributed by atoms with van der Waals surface area (Å²) in [4.78, 5) is 29.6. The predicted octanol–water partition coefficient (Wildman–Crippen LogP) is 6.50. The lowest BCUT2D eigenvalue weighted by molar-refractivity contribution is -0.245. The van der Waals surface area contributed by atoms with Gasteiger partial charge in [-0.3, -0.25) is 0 Å². The minimum absolute atomic E-state index is 0.00573. The second kappa shape index (κ2) is 17.3. The third-order valence-corrected chi connectivity index (χ3v) is 9.95. The highest BCUT2D eigenvalue weighted by atomic mass is 32.2. The van der Waals surface area contributed by atoms with Gasteiger partial charge in [0.2, 0.25) is 0 Å². The van der Waals surface area contributed by atoms with Gasteiger partial charge in [-0.05, 0) is 39.4 Å². The monoisotopic (exact) mass is 706 g/mol. The van der Waals surface area contributed by atoms with Crippen molar-refractivity contribution in [3.63, 3.8) is 0 Å². The highest BCUT2D eigenvalue weighted by Gasteiger charge is 2.32. The van der Waals surface area contributed by atoms with Crippen molar-refractivity contribution in [3.8, 4) is 11.1 Å². The number of amides is 2. The van der Waals surface area contributed by atoms with E-state index < -0.39 is 24.3 Å². The van der Waals surface area contributed by atoms with Crippen molar-refractivity contribution in [1.29, 1.82) is 0 Å². The molecule has 0 saturated carbocycles. The summed E-state index contributed by atoms with van der Waals surface area (Å²) in [5.41, 5.74) is 6.64. The summed E-state index contributed by atoms with van der Waals surface area (Å²) in [6, 6.07) is 32.2. The zero-order valence-electron chi connectivity index (χ0n) is 28.6. The summed E-state index contributed by atoms with van der Waals surface area (Å²) in [6.45, 7) is 0.271. The smallest absolute Gasteiger partial charge is 0.328 e. The molecule has 0 aliphatic carbocycles. The molecule has 1 aromatic heterocycles. The average molecular weight is 707 g/mol. The zero-order chi connectivity index (χ0) is 35.6. The van der Waals surface area contributed by atoms with Gasteiger partial charge in [0.25, 0.3) is 0 Å². The number of benzene rings is 4. The first-order chi connectivity index (χ1) is 24.9. The fraction of sp³-hybridized carbons (Fsp3) is 0.275. The molecule has 0 spiro atoms. The minimum Gasteiger partial charge on any atom is -0.467 e. The fourth-order valence-electron chi connectivity index (χ4n) is 5.95. The van der Waals surface area contributed by atoms with E-state index in [1.165, 1.54) is 7.11 Å². The molecule has 4 atom stereocenters. The Balaban J connectivity index is 1.10. The van der Waals surface area contributed by atoms with E-state index in [4.69, 9.17) is 14.2 Å². The van der Waals surface area contributed by atoms with Crippen molar-refractivity contribution in [3.05, 3.63) is 143 Å². The molecule has 5 aromatic rings. The van der Waals surface area contributed by atoms with Gasteiger partial charge in [0.15, 0.2) is 11.4 Å². The number of aliphatic hydroxyl groups excluding tert-OH is 1. The number of aliphatic hydroxyl groups is 1. The van der Waals surface area contributed by atoms with Crippen molar-refractivity contribution in [2.24, 2.45) is 7.05 Å². The summed E-state index contributed by atoms with van der Waals surface area (Å²) in [6.07, 6.45) is 3.93. The van der Waals surface area contributed by atoms with E-state index in [-0.39, 0.29) is 25.4 Å². The molecule has 11 heteroatoms. The van der Waals surface area contributed by atoms with Crippen molar-refractivity contribution < 1.29 is 28.9 Å². The van der Waals surface area contributed by atoms with Gasteiger partial charge in [0, 0.05) is 50.1 Å². The molecule has 1 fully saturated rings. The molecule has 2 heterocycles. The number of rotatable bonds is 13. The molecule has 0 radical (unpaired) electrons. The zero-order valence-corrected chi connectivity index (χ0v) is 29.4. The molecule has 1 saturated heterocycles. The summed E-state index contributed by atoms with van der Waals surface area (Å²) < 4.78 is 20.0. The van der Waals surface area contributed by atoms with Crippen LogP contribution in [-0.2, 0) is 45.6 Å². The topological polar surface area (TPSA) is 124 Å². The van der Waals surface area contributed by atoms with Crippen molar-refractivity contribution in [1.82, 2.24) is 20.2 Å². The summed E-state index contributed by atoms with van der Waals surface area (Å²) in [5, 5.41) is 16.1. The number of carbonyl (C=O) groups is 2. The molecule has 51 heavy (non-hydrogen) atoms. The third kappa shape index (κ3) is 9.65. The molecule has 4 aromatic carbocycles. The number of aryl methyl sites for hydroxylation is 1. The number of urea groups is 1. The average Bonchev–Trinajstić information content (AvgIpc) is 3.60. The van der Waals surface area contributed by atoms with E-state index in [1.807, 2.05) is 121 Å². The van der Waals surface area contributed by atoms with E-state index in [0.717, 1.165) is 49.9 Å². The fourth-order valence-corrected chi connectivity index (χ4v) is 6.90. The van der Waals surface area contributed by atoms with Crippen molar-refractivity contribution in [2.45, 2.75) is 55.7 Å². The van der Waals surface area contributed by atoms with Crippen LogP contribution < -0.4 is 10.6 Å². The van der Waals surface area contributed by atoms with Gasteiger partial charge >= 0.3 is 12.0 Å². The Morgan fingerprint density at radius 2 is 1.67 bits per heavy atom. The normalized spacial score (nSPS) is 17.7. The first kappa shape index (κ1) is 35.9. The molecule has 2 amide bonds. The molecule has 3 N–H and O–H groups in total. The molecule has 10 nitrogen and oxygen atoms in total. The number of aromatic nitrogens is 2. The largest absolute Gasteiger partial charge is 0.467 e. The van der Waals surface area contributed by atoms with E-state index in [2.05, 4.69) is 15.6 Å². The van der Waals surface area contributed by atoms with Crippen LogP contribution in [0.2, 0.25) is 0 Å². The van der Waals surface area contributed by atoms with Crippen LogP contribution in [0.3, 0.4) is 0 Å². The summed E-state index contributed by atoms with van der Waals surface area (Å²) in [7, 11) is 3.29. The summed E-state index contributed by atoms with van der Waals surface area (Å²) in [5.74, 6) is 0.220. The molecule has 1 aliphatic rings. The van der Waals surface area contributed by atoms with Crippen LogP contribution in [0.5, 0.6) is 0 Å². The van der Waals surface area contributed by atoms with E-state index >= 15 is 0 Å². The Morgan fingerprint density at radius 3 is 2.37 bits per heavy atom. The Bertz CT molecular complexity index is 1880. The van der Waals surface area contributed by atoms with Crippen LogP contribution in [-0.4, -0.2) is 51.7 Å². The second-order valence-electron chi connectivity index (χ2n) is 12.4. The number of hydrogen-bond acceptors (Lipinski definition) is 8. The number of methoxy groups -OCH3 is 1. The number of nitrogens with one attached hydrogen (secondary N) is 2. The minimum atomic E-state index is -0.809. The molecular formula is C40H42N4O6S. The van der Waals surface area contributed by atoms with Crippen LogP contribution in [0, 0.1) is 0 Å². The number of ether oxygens (including phenoxy) is 3. The van der Waals surface area contributed by atoms with Crippen LogP contribution in [0.15, 0.2) is 121 Å². The lowest BCUT2D eigenvalue weighted by atomic mass is 9.99. The van der Waals surface area contributed by atoms with E-state index in [9.17, 15) is 14.7 Å². The van der Waals surface area contributed by atoms with Gasteiger partial charge in [-0.2, -0.15) is 0 Å². The quantitative estimate of drug-likeness (QED) is 0.0937. The number of hydrogen-bond donors (Lipinski definition) is 3. The number of nitrogens with zero attached hydrogens (tertiary/aromatic N) is 2. The van der Waals surface area contributed by atoms with Crippen LogP contribution in [0.1, 0.15) is 46.6 Å². The lowest BCUT2D eigenvalue weighted by Crippen LogP contribution is -2.47.